The molecule has 1 aromatic heterocycles. The van der Waals surface area contributed by atoms with Crippen molar-refractivity contribution < 1.29 is 14.3 Å². The van der Waals surface area contributed by atoms with Crippen molar-refractivity contribution in [2.45, 2.75) is 26.2 Å². The van der Waals surface area contributed by atoms with Gasteiger partial charge in [0, 0.05) is 19.2 Å². The minimum absolute atomic E-state index is 0.0203. The Hall–Kier alpha value is -1.45. The van der Waals surface area contributed by atoms with Gasteiger partial charge in [-0.05, 0) is 31.2 Å². The van der Waals surface area contributed by atoms with E-state index < -0.39 is 5.97 Å². The number of anilines is 1. The standard InChI is InChI=1S/C12H17NO3/c1-2-7-13(8-9-3-4-9)11-6-5-10(16-11)12(14)15/h5-6,9H,2-4,7-8H2,1H3,(H,14,15). The molecule has 0 radical (unpaired) electrons. The minimum Gasteiger partial charge on any atom is -0.475 e. The van der Waals surface area contributed by atoms with E-state index in [1.54, 1.807) is 6.07 Å². The van der Waals surface area contributed by atoms with Crippen molar-refractivity contribution in [2.24, 2.45) is 5.92 Å². The molecular formula is C12H17NO3. The van der Waals surface area contributed by atoms with Gasteiger partial charge in [-0.3, -0.25) is 0 Å². The van der Waals surface area contributed by atoms with E-state index in [0.29, 0.717) is 5.88 Å². The van der Waals surface area contributed by atoms with Crippen LogP contribution < -0.4 is 4.90 Å². The molecular weight excluding hydrogens is 206 g/mol. The zero-order valence-corrected chi connectivity index (χ0v) is 9.48. The maximum absolute atomic E-state index is 10.7. The fourth-order valence-corrected chi connectivity index (χ4v) is 1.79. The molecule has 4 nitrogen and oxygen atoms in total. The maximum Gasteiger partial charge on any atom is 0.371 e. The first-order chi connectivity index (χ1) is 7.70. The summed E-state index contributed by atoms with van der Waals surface area (Å²) in [5.74, 6) is 0.470. The van der Waals surface area contributed by atoms with E-state index in [0.717, 1.165) is 25.4 Å². The van der Waals surface area contributed by atoms with Gasteiger partial charge in [-0.15, -0.1) is 0 Å². The number of carboxylic acids is 1. The van der Waals surface area contributed by atoms with E-state index in [1.165, 1.54) is 18.9 Å². The van der Waals surface area contributed by atoms with Gasteiger partial charge in [-0.1, -0.05) is 6.92 Å². The molecule has 1 aromatic rings. The van der Waals surface area contributed by atoms with Crippen molar-refractivity contribution in [3.8, 4) is 0 Å². The van der Waals surface area contributed by atoms with Crippen LogP contribution in [0, 0.1) is 5.92 Å². The molecule has 1 fully saturated rings. The number of carbonyl (C=O) groups is 1. The molecule has 0 unspecified atom stereocenters. The molecule has 4 heteroatoms. The Morgan fingerprint density at radius 1 is 1.56 bits per heavy atom. The highest BCUT2D eigenvalue weighted by Gasteiger charge is 2.25. The molecule has 0 aliphatic heterocycles. The predicted molar refractivity (Wildman–Crippen MR) is 60.9 cm³/mol. The first-order valence-corrected chi connectivity index (χ1v) is 5.78. The van der Waals surface area contributed by atoms with E-state index in [4.69, 9.17) is 9.52 Å². The molecule has 1 saturated carbocycles. The van der Waals surface area contributed by atoms with Gasteiger partial charge in [0.2, 0.25) is 5.76 Å². The van der Waals surface area contributed by atoms with E-state index >= 15 is 0 Å². The molecule has 1 aliphatic carbocycles. The lowest BCUT2D eigenvalue weighted by molar-refractivity contribution is 0.0663. The Kier molecular flexibility index (Phi) is 3.17. The Balaban J connectivity index is 2.06. The van der Waals surface area contributed by atoms with Gasteiger partial charge in [0.25, 0.3) is 0 Å². The van der Waals surface area contributed by atoms with Crippen LogP contribution >= 0.6 is 0 Å². The fourth-order valence-electron chi connectivity index (χ4n) is 1.79. The van der Waals surface area contributed by atoms with Crippen molar-refractivity contribution in [1.29, 1.82) is 0 Å². The molecule has 0 atom stereocenters. The van der Waals surface area contributed by atoms with Gasteiger partial charge in [0.1, 0.15) is 0 Å². The summed E-state index contributed by atoms with van der Waals surface area (Å²) in [6.45, 7) is 4.02. The molecule has 0 amide bonds. The van der Waals surface area contributed by atoms with Crippen LogP contribution in [0.4, 0.5) is 5.88 Å². The minimum atomic E-state index is -1.01. The molecule has 1 aliphatic rings. The van der Waals surface area contributed by atoms with Crippen LogP contribution in [-0.4, -0.2) is 24.2 Å². The van der Waals surface area contributed by atoms with Crippen molar-refractivity contribution in [1.82, 2.24) is 0 Å². The number of carboxylic acid groups (broad SMARTS) is 1. The summed E-state index contributed by atoms with van der Waals surface area (Å²) in [4.78, 5) is 12.9. The molecule has 16 heavy (non-hydrogen) atoms. The summed E-state index contributed by atoms with van der Waals surface area (Å²) in [7, 11) is 0. The van der Waals surface area contributed by atoms with Crippen molar-refractivity contribution in [2.75, 3.05) is 18.0 Å². The summed E-state index contributed by atoms with van der Waals surface area (Å²) >= 11 is 0. The summed E-state index contributed by atoms with van der Waals surface area (Å²) in [5, 5.41) is 8.79. The van der Waals surface area contributed by atoms with Crippen LogP contribution in [0.25, 0.3) is 0 Å². The molecule has 0 aromatic carbocycles. The number of rotatable bonds is 6. The van der Waals surface area contributed by atoms with Gasteiger partial charge in [0.05, 0.1) is 0 Å². The first kappa shape index (κ1) is 11.0. The molecule has 0 spiro atoms. The molecule has 0 saturated heterocycles. The van der Waals surface area contributed by atoms with Gasteiger partial charge in [0.15, 0.2) is 5.88 Å². The molecule has 2 rings (SSSR count). The average Bonchev–Trinajstić information content (AvgIpc) is 2.92. The van der Waals surface area contributed by atoms with Gasteiger partial charge in [-0.2, -0.15) is 0 Å². The van der Waals surface area contributed by atoms with E-state index in [-0.39, 0.29) is 5.76 Å². The maximum atomic E-state index is 10.7. The lowest BCUT2D eigenvalue weighted by atomic mass is 10.3. The number of hydrogen-bond donors (Lipinski definition) is 1. The summed E-state index contributed by atoms with van der Waals surface area (Å²) in [5.41, 5.74) is 0. The second-order valence-corrected chi connectivity index (χ2v) is 4.33. The number of hydrogen-bond acceptors (Lipinski definition) is 3. The highest BCUT2D eigenvalue weighted by Crippen LogP contribution is 2.32. The van der Waals surface area contributed by atoms with Crippen LogP contribution in [0.5, 0.6) is 0 Å². The molecule has 1 heterocycles. The van der Waals surface area contributed by atoms with Crippen LogP contribution in [-0.2, 0) is 0 Å². The first-order valence-electron chi connectivity index (χ1n) is 5.78. The quantitative estimate of drug-likeness (QED) is 0.805. The monoisotopic (exact) mass is 223 g/mol. The molecule has 88 valence electrons. The summed E-state index contributed by atoms with van der Waals surface area (Å²) in [6, 6.07) is 3.27. The predicted octanol–water partition coefficient (Wildman–Crippen LogP) is 2.60. The van der Waals surface area contributed by atoms with E-state index in [2.05, 4.69) is 11.8 Å². The fraction of sp³-hybridized carbons (Fsp3) is 0.583. The lowest BCUT2D eigenvalue weighted by Crippen LogP contribution is -2.25. The van der Waals surface area contributed by atoms with Gasteiger partial charge < -0.3 is 14.4 Å². The Morgan fingerprint density at radius 2 is 2.31 bits per heavy atom. The zero-order valence-electron chi connectivity index (χ0n) is 9.48. The number of nitrogens with zero attached hydrogens (tertiary/aromatic N) is 1. The number of furan rings is 1. The highest BCUT2D eigenvalue weighted by molar-refractivity contribution is 5.84. The van der Waals surface area contributed by atoms with E-state index in [1.807, 2.05) is 0 Å². The topological polar surface area (TPSA) is 53.7 Å². The van der Waals surface area contributed by atoms with Crippen LogP contribution in [0.2, 0.25) is 0 Å². The van der Waals surface area contributed by atoms with E-state index in [9.17, 15) is 4.79 Å². The van der Waals surface area contributed by atoms with Crippen LogP contribution in [0.1, 0.15) is 36.7 Å². The second kappa shape index (κ2) is 4.60. The van der Waals surface area contributed by atoms with Gasteiger partial charge >= 0.3 is 5.97 Å². The normalized spacial score (nSPS) is 15.1. The Bertz CT molecular complexity index is 368. The largest absolute Gasteiger partial charge is 0.475 e. The molecule has 0 bridgehead atoms. The third kappa shape index (κ3) is 2.56. The zero-order chi connectivity index (χ0) is 11.5. The Labute approximate surface area is 94.9 Å². The van der Waals surface area contributed by atoms with Crippen molar-refractivity contribution in [3.05, 3.63) is 17.9 Å². The Morgan fingerprint density at radius 3 is 2.81 bits per heavy atom. The molecule has 1 N–H and O–H groups in total. The lowest BCUT2D eigenvalue weighted by Gasteiger charge is -2.20. The highest BCUT2D eigenvalue weighted by atomic mass is 16.4. The summed E-state index contributed by atoms with van der Waals surface area (Å²) < 4.78 is 5.31. The third-order valence-electron chi connectivity index (χ3n) is 2.78. The van der Waals surface area contributed by atoms with Crippen LogP contribution in [0.15, 0.2) is 16.5 Å². The third-order valence-corrected chi connectivity index (χ3v) is 2.78. The summed E-state index contributed by atoms with van der Waals surface area (Å²) in [6.07, 6.45) is 3.61. The second-order valence-electron chi connectivity index (χ2n) is 4.33. The van der Waals surface area contributed by atoms with Crippen molar-refractivity contribution in [3.63, 3.8) is 0 Å². The SMILES string of the molecule is CCCN(CC1CC1)c1ccc(C(=O)O)o1. The van der Waals surface area contributed by atoms with Crippen LogP contribution in [0.3, 0.4) is 0 Å². The van der Waals surface area contributed by atoms with Gasteiger partial charge in [-0.25, -0.2) is 4.79 Å². The van der Waals surface area contributed by atoms with Crippen molar-refractivity contribution >= 4 is 11.9 Å². The smallest absolute Gasteiger partial charge is 0.371 e. The number of aromatic carboxylic acids is 1. The average molecular weight is 223 g/mol.